The Morgan fingerprint density at radius 1 is 1.19 bits per heavy atom. The van der Waals surface area contributed by atoms with Crippen LogP contribution in [-0.2, 0) is 9.53 Å². The average Bonchev–Trinajstić information content (AvgIpc) is 3.29. The molecule has 0 radical (unpaired) electrons. The van der Waals surface area contributed by atoms with E-state index >= 15 is 0 Å². The molecule has 8 heteroatoms. The van der Waals surface area contributed by atoms with Crippen molar-refractivity contribution >= 4 is 23.4 Å². The topological polar surface area (TPSA) is 83.0 Å². The molecule has 1 aromatic carbocycles. The first-order valence-corrected chi connectivity index (χ1v) is 11.0. The summed E-state index contributed by atoms with van der Waals surface area (Å²) in [7, 11) is 1.59. The van der Waals surface area contributed by atoms with E-state index in [4.69, 9.17) is 13.9 Å². The summed E-state index contributed by atoms with van der Waals surface area (Å²) in [5, 5.41) is 0. The molecule has 1 aliphatic rings. The molecule has 0 fully saturated rings. The number of aryl methyl sites for hydroxylation is 1. The van der Waals surface area contributed by atoms with Crippen LogP contribution >= 0.6 is 11.3 Å². The van der Waals surface area contributed by atoms with E-state index in [0.29, 0.717) is 32.1 Å². The average molecular weight is 453 g/mol. The molecule has 32 heavy (non-hydrogen) atoms. The zero-order chi connectivity index (χ0) is 23.0. The van der Waals surface area contributed by atoms with Crippen molar-refractivity contribution in [1.29, 1.82) is 0 Å². The van der Waals surface area contributed by atoms with Crippen LogP contribution in [0.4, 0.5) is 0 Å². The number of methoxy groups -OCH3 is 1. The number of allylic oxidation sites excluding steroid dienone is 1. The number of fused-ring (bicyclic) bond motifs is 1. The first kappa shape index (κ1) is 21.8. The number of benzene rings is 1. The molecule has 4 rings (SSSR count). The van der Waals surface area contributed by atoms with Crippen molar-refractivity contribution in [2.24, 2.45) is 4.99 Å². The van der Waals surface area contributed by atoms with Crippen molar-refractivity contribution < 1.29 is 18.7 Å². The lowest BCUT2D eigenvalue weighted by molar-refractivity contribution is -0.143. The molecule has 0 saturated heterocycles. The van der Waals surface area contributed by atoms with Crippen molar-refractivity contribution in [2.75, 3.05) is 7.11 Å². The number of hydrogen-bond acceptors (Lipinski definition) is 7. The highest BCUT2D eigenvalue weighted by atomic mass is 32.1. The van der Waals surface area contributed by atoms with E-state index in [1.165, 1.54) is 11.3 Å². The summed E-state index contributed by atoms with van der Waals surface area (Å²) in [6, 6.07) is 10.3. The summed E-state index contributed by atoms with van der Waals surface area (Å²) in [6.45, 7) is 7.19. The Bertz CT molecular complexity index is 1370. The Balaban J connectivity index is 1.93. The first-order chi connectivity index (χ1) is 15.3. The minimum absolute atomic E-state index is 0.244. The lowest BCUT2D eigenvalue weighted by Gasteiger charge is -2.25. The third-order valence-corrected chi connectivity index (χ3v) is 6.03. The molecule has 1 unspecified atom stereocenters. The van der Waals surface area contributed by atoms with Gasteiger partial charge < -0.3 is 13.9 Å². The van der Waals surface area contributed by atoms with Gasteiger partial charge in [0.05, 0.1) is 35.1 Å². The van der Waals surface area contributed by atoms with Gasteiger partial charge in [-0.15, -0.1) is 0 Å². The molecule has 0 saturated carbocycles. The second kappa shape index (κ2) is 8.63. The molecular weight excluding hydrogens is 428 g/mol. The minimum Gasteiger partial charge on any atom is -0.497 e. The van der Waals surface area contributed by atoms with Crippen LogP contribution in [0, 0.1) is 6.92 Å². The quantitative estimate of drug-likeness (QED) is 0.556. The normalized spacial score (nSPS) is 16.2. The van der Waals surface area contributed by atoms with Gasteiger partial charge in [-0.25, -0.2) is 9.79 Å². The summed E-state index contributed by atoms with van der Waals surface area (Å²) in [4.78, 5) is 31.6. The van der Waals surface area contributed by atoms with E-state index in [0.717, 1.165) is 11.3 Å². The third-order valence-electron chi connectivity index (χ3n) is 5.05. The first-order valence-electron chi connectivity index (χ1n) is 10.2. The van der Waals surface area contributed by atoms with E-state index in [2.05, 4.69) is 4.99 Å². The van der Waals surface area contributed by atoms with Gasteiger partial charge in [0, 0.05) is 6.08 Å². The van der Waals surface area contributed by atoms with E-state index in [-0.39, 0.29) is 11.7 Å². The summed E-state index contributed by atoms with van der Waals surface area (Å²) >= 11 is 1.26. The number of hydrogen-bond donors (Lipinski definition) is 0. The number of carbonyl (C=O) groups is 1. The smallest absolute Gasteiger partial charge is 0.338 e. The SMILES string of the molecule is COc1ccc(C2C(C(=O)OC(C)C)=C(C)N=c3sc(=Cc4ccc(C)o4)c(=O)n32)cc1. The molecule has 0 spiro atoms. The predicted octanol–water partition coefficient (Wildman–Crippen LogP) is 3.10. The van der Waals surface area contributed by atoms with Crippen LogP contribution in [0.5, 0.6) is 5.75 Å². The maximum absolute atomic E-state index is 13.5. The maximum Gasteiger partial charge on any atom is 0.338 e. The van der Waals surface area contributed by atoms with E-state index in [1.807, 2.05) is 31.2 Å². The second-order valence-corrected chi connectivity index (χ2v) is 8.77. The minimum atomic E-state index is -0.663. The van der Waals surface area contributed by atoms with Gasteiger partial charge in [-0.2, -0.15) is 0 Å². The monoisotopic (exact) mass is 452 g/mol. The van der Waals surface area contributed by atoms with Crippen LogP contribution in [0.1, 0.15) is 43.9 Å². The number of rotatable bonds is 5. The highest BCUT2D eigenvalue weighted by Crippen LogP contribution is 2.31. The van der Waals surface area contributed by atoms with Gasteiger partial charge in [0.15, 0.2) is 4.80 Å². The number of ether oxygens (including phenoxy) is 2. The molecule has 166 valence electrons. The number of thiazole rings is 1. The molecule has 2 aromatic heterocycles. The molecule has 7 nitrogen and oxygen atoms in total. The van der Waals surface area contributed by atoms with Crippen LogP contribution in [0.2, 0.25) is 0 Å². The summed E-state index contributed by atoms with van der Waals surface area (Å²) in [6.07, 6.45) is 1.40. The molecular formula is C24H24N2O5S. The van der Waals surface area contributed by atoms with Crippen LogP contribution in [0.25, 0.3) is 6.08 Å². The Hall–Kier alpha value is -3.39. The van der Waals surface area contributed by atoms with Crippen molar-refractivity contribution in [1.82, 2.24) is 4.57 Å². The zero-order valence-corrected chi connectivity index (χ0v) is 19.4. The molecule has 0 bridgehead atoms. The second-order valence-electron chi connectivity index (χ2n) is 7.76. The summed E-state index contributed by atoms with van der Waals surface area (Å²) < 4.78 is 18.4. The lowest BCUT2D eigenvalue weighted by atomic mass is 9.96. The largest absolute Gasteiger partial charge is 0.497 e. The zero-order valence-electron chi connectivity index (χ0n) is 18.5. The Kier molecular flexibility index (Phi) is 5.88. The molecule has 0 N–H and O–H groups in total. The van der Waals surface area contributed by atoms with Gasteiger partial charge in [-0.1, -0.05) is 23.5 Å². The highest BCUT2D eigenvalue weighted by molar-refractivity contribution is 7.07. The Morgan fingerprint density at radius 3 is 2.50 bits per heavy atom. The fraction of sp³-hybridized carbons (Fsp3) is 0.292. The Labute approximate surface area is 188 Å². The molecule has 1 aliphatic heterocycles. The van der Waals surface area contributed by atoms with Crippen LogP contribution < -0.4 is 19.6 Å². The van der Waals surface area contributed by atoms with Crippen molar-refractivity contribution in [2.45, 2.75) is 39.8 Å². The van der Waals surface area contributed by atoms with E-state index in [9.17, 15) is 9.59 Å². The predicted molar refractivity (Wildman–Crippen MR) is 121 cm³/mol. The molecule has 3 heterocycles. The summed E-state index contributed by atoms with van der Waals surface area (Å²) in [5.74, 6) is 1.54. The van der Waals surface area contributed by atoms with Crippen molar-refractivity contribution in [3.8, 4) is 5.75 Å². The van der Waals surface area contributed by atoms with Gasteiger partial charge in [0.1, 0.15) is 17.3 Å². The van der Waals surface area contributed by atoms with Gasteiger partial charge >= 0.3 is 5.97 Å². The highest BCUT2D eigenvalue weighted by Gasteiger charge is 2.33. The van der Waals surface area contributed by atoms with E-state index < -0.39 is 12.0 Å². The van der Waals surface area contributed by atoms with Gasteiger partial charge in [-0.3, -0.25) is 9.36 Å². The van der Waals surface area contributed by atoms with Gasteiger partial charge in [-0.05, 0) is 57.5 Å². The van der Waals surface area contributed by atoms with Gasteiger partial charge in [0.2, 0.25) is 0 Å². The third kappa shape index (κ3) is 4.05. The van der Waals surface area contributed by atoms with Crippen LogP contribution in [-0.4, -0.2) is 23.8 Å². The molecule has 3 aromatic rings. The maximum atomic E-state index is 13.5. The van der Waals surface area contributed by atoms with Crippen LogP contribution in [0.15, 0.2) is 61.9 Å². The van der Waals surface area contributed by atoms with E-state index in [1.54, 1.807) is 50.7 Å². The summed E-state index contributed by atoms with van der Waals surface area (Å²) in [5.41, 5.74) is 1.39. The Morgan fingerprint density at radius 2 is 1.91 bits per heavy atom. The van der Waals surface area contributed by atoms with Crippen molar-refractivity contribution in [3.63, 3.8) is 0 Å². The van der Waals surface area contributed by atoms with Crippen LogP contribution in [0.3, 0.4) is 0 Å². The standard InChI is InChI=1S/C24H24N2O5S/c1-13(2)30-23(28)20-15(4)25-24-26(21(20)16-7-10-17(29-5)11-8-16)22(27)19(32-24)12-18-9-6-14(3)31-18/h6-13,21H,1-5H3. The number of nitrogens with zero attached hydrogens (tertiary/aromatic N) is 2. The lowest BCUT2D eigenvalue weighted by Crippen LogP contribution is -2.40. The number of furan rings is 1. The number of carbonyl (C=O) groups excluding carboxylic acids is 1. The van der Waals surface area contributed by atoms with Gasteiger partial charge in [0.25, 0.3) is 5.56 Å². The fourth-order valence-electron chi connectivity index (χ4n) is 3.62. The molecule has 1 atom stereocenters. The molecule has 0 aliphatic carbocycles. The van der Waals surface area contributed by atoms with Crippen molar-refractivity contribution in [3.05, 3.63) is 84.4 Å². The fourth-order valence-corrected chi connectivity index (χ4v) is 4.65. The number of esters is 1. The number of aromatic nitrogens is 1. The molecule has 0 amide bonds.